The van der Waals surface area contributed by atoms with E-state index >= 15 is 0 Å². The van der Waals surface area contributed by atoms with Crippen molar-refractivity contribution in [3.63, 3.8) is 0 Å². The van der Waals surface area contributed by atoms with E-state index in [1.165, 1.54) is 0 Å². The first-order chi connectivity index (χ1) is 15.9. The lowest BCUT2D eigenvalue weighted by Crippen LogP contribution is -2.61. The van der Waals surface area contributed by atoms with Gasteiger partial charge in [0.25, 0.3) is 0 Å². The van der Waals surface area contributed by atoms with Gasteiger partial charge in [0.1, 0.15) is 18.8 Å². The second-order valence-electron chi connectivity index (χ2n) is 9.70. The van der Waals surface area contributed by atoms with Gasteiger partial charge in [-0.1, -0.05) is 63.9 Å². The summed E-state index contributed by atoms with van der Waals surface area (Å²) in [5, 5.41) is 0. The number of benzene rings is 1. The van der Waals surface area contributed by atoms with Gasteiger partial charge in [-0.3, -0.25) is 0 Å². The molecule has 3 saturated heterocycles. The fourth-order valence-electron chi connectivity index (χ4n) is 5.00. The molecule has 0 aromatic heterocycles. The molecular formula is C27H38O6. The molecule has 0 amide bonds. The summed E-state index contributed by atoms with van der Waals surface area (Å²) < 4.78 is 37.8. The zero-order chi connectivity index (χ0) is 23.5. The molecule has 1 aromatic rings. The molecular weight excluding hydrogens is 420 g/mol. The highest BCUT2D eigenvalue weighted by molar-refractivity contribution is 5.16. The Balaban J connectivity index is 1.55. The van der Waals surface area contributed by atoms with Gasteiger partial charge >= 0.3 is 0 Å². The van der Waals surface area contributed by atoms with E-state index in [1.54, 1.807) is 6.92 Å². The topological polar surface area (TPSA) is 55.4 Å². The summed E-state index contributed by atoms with van der Waals surface area (Å²) in [6, 6.07) is 9.99. The Morgan fingerprint density at radius 1 is 0.879 bits per heavy atom. The third-order valence-electron chi connectivity index (χ3n) is 7.68. The molecule has 0 N–H and O–H groups in total. The van der Waals surface area contributed by atoms with E-state index < -0.39 is 12.6 Å². The smallest absolute Gasteiger partial charge is 0.184 e. The summed E-state index contributed by atoms with van der Waals surface area (Å²) >= 11 is 0. The van der Waals surface area contributed by atoms with Crippen molar-refractivity contribution >= 4 is 0 Å². The van der Waals surface area contributed by atoms with Crippen LogP contribution in [0.3, 0.4) is 0 Å². The maximum absolute atomic E-state index is 6.74. The van der Waals surface area contributed by atoms with E-state index in [1.807, 2.05) is 30.3 Å². The minimum Gasteiger partial charge on any atom is -0.349 e. The number of ether oxygens (including phenoxy) is 6. The summed E-state index contributed by atoms with van der Waals surface area (Å²) in [6.07, 6.45) is -1.94. The first-order valence-corrected chi connectivity index (χ1v) is 12.2. The van der Waals surface area contributed by atoms with E-state index in [4.69, 9.17) is 28.4 Å². The molecule has 0 spiro atoms. The summed E-state index contributed by atoms with van der Waals surface area (Å²) in [6.45, 7) is 13.5. The molecule has 5 unspecified atom stereocenters. The molecule has 1 aromatic carbocycles. The average molecular weight is 459 g/mol. The van der Waals surface area contributed by atoms with Crippen molar-refractivity contribution in [2.45, 2.75) is 84.8 Å². The number of hydrogen-bond donors (Lipinski definition) is 0. The molecule has 6 nitrogen and oxygen atoms in total. The zero-order valence-corrected chi connectivity index (χ0v) is 20.6. The summed E-state index contributed by atoms with van der Waals surface area (Å²) in [7, 11) is 0. The van der Waals surface area contributed by atoms with E-state index in [9.17, 15) is 0 Å². The SMILES string of the molecule is CC#CCO[C@@H]1OC2COC(c3ccccc3)O[C@@H]2[C@H](O[C@@H]2OC(C)[C@@H](C)[C@H](C)C2C)C1C. The van der Waals surface area contributed by atoms with Gasteiger partial charge < -0.3 is 28.4 Å². The van der Waals surface area contributed by atoms with Crippen LogP contribution >= 0.6 is 0 Å². The lowest BCUT2D eigenvalue weighted by atomic mass is 9.79. The zero-order valence-electron chi connectivity index (χ0n) is 20.6. The lowest BCUT2D eigenvalue weighted by molar-refractivity contribution is -0.376. The van der Waals surface area contributed by atoms with Crippen LogP contribution in [0.2, 0.25) is 0 Å². The van der Waals surface area contributed by atoms with Crippen molar-refractivity contribution in [3.05, 3.63) is 35.9 Å². The van der Waals surface area contributed by atoms with Gasteiger partial charge in [-0.2, -0.15) is 0 Å². The Morgan fingerprint density at radius 2 is 1.64 bits per heavy atom. The van der Waals surface area contributed by atoms with E-state index in [2.05, 4.69) is 46.5 Å². The van der Waals surface area contributed by atoms with Crippen LogP contribution in [0.5, 0.6) is 0 Å². The average Bonchev–Trinajstić information content (AvgIpc) is 2.83. The molecule has 3 aliphatic rings. The number of rotatable bonds is 5. The van der Waals surface area contributed by atoms with Gasteiger partial charge in [-0.15, -0.1) is 5.92 Å². The predicted molar refractivity (Wildman–Crippen MR) is 124 cm³/mol. The summed E-state index contributed by atoms with van der Waals surface area (Å²) in [5.74, 6) is 6.99. The minimum atomic E-state index is -0.458. The lowest BCUT2D eigenvalue weighted by Gasteiger charge is -2.51. The summed E-state index contributed by atoms with van der Waals surface area (Å²) in [4.78, 5) is 0. The highest BCUT2D eigenvalue weighted by Gasteiger charge is 2.51. The maximum atomic E-state index is 6.74. The van der Waals surface area contributed by atoms with Gasteiger partial charge in [0.05, 0.1) is 18.8 Å². The molecule has 33 heavy (non-hydrogen) atoms. The molecule has 182 valence electrons. The molecule has 3 heterocycles. The highest BCUT2D eigenvalue weighted by Crippen LogP contribution is 2.41. The Kier molecular flexibility index (Phi) is 8.11. The molecule has 11 atom stereocenters. The van der Waals surface area contributed by atoms with E-state index in [-0.39, 0.29) is 42.5 Å². The van der Waals surface area contributed by atoms with Crippen molar-refractivity contribution < 1.29 is 28.4 Å². The number of fused-ring (bicyclic) bond motifs is 1. The van der Waals surface area contributed by atoms with Crippen molar-refractivity contribution in [1.29, 1.82) is 0 Å². The van der Waals surface area contributed by atoms with Crippen LogP contribution in [0.1, 0.15) is 53.4 Å². The first-order valence-electron chi connectivity index (χ1n) is 12.2. The van der Waals surface area contributed by atoms with Crippen LogP contribution in [0.25, 0.3) is 0 Å². The fourth-order valence-corrected chi connectivity index (χ4v) is 5.00. The van der Waals surface area contributed by atoms with Crippen LogP contribution in [-0.2, 0) is 28.4 Å². The van der Waals surface area contributed by atoms with Crippen LogP contribution in [-0.4, -0.2) is 50.2 Å². The Morgan fingerprint density at radius 3 is 2.36 bits per heavy atom. The maximum Gasteiger partial charge on any atom is 0.184 e. The van der Waals surface area contributed by atoms with Crippen LogP contribution in [0.4, 0.5) is 0 Å². The third kappa shape index (κ3) is 5.30. The Bertz CT molecular complexity index is 819. The second kappa shape index (κ2) is 10.9. The van der Waals surface area contributed by atoms with Gasteiger partial charge in [0.2, 0.25) is 0 Å². The molecule has 3 fully saturated rings. The largest absolute Gasteiger partial charge is 0.349 e. The van der Waals surface area contributed by atoms with Crippen LogP contribution in [0.15, 0.2) is 30.3 Å². The molecule has 0 saturated carbocycles. The highest BCUT2D eigenvalue weighted by atomic mass is 16.8. The quantitative estimate of drug-likeness (QED) is 0.604. The normalized spacial score (nSPS) is 43.3. The Labute approximate surface area is 198 Å². The first kappa shape index (κ1) is 24.7. The second-order valence-corrected chi connectivity index (χ2v) is 9.70. The van der Waals surface area contributed by atoms with Gasteiger partial charge in [0, 0.05) is 17.4 Å². The van der Waals surface area contributed by atoms with E-state index in [0.717, 1.165) is 5.56 Å². The van der Waals surface area contributed by atoms with Crippen molar-refractivity contribution in [1.82, 2.24) is 0 Å². The molecule has 4 rings (SSSR count). The molecule has 0 aliphatic carbocycles. The standard InChI is InChI=1S/C27H38O6/c1-7-8-14-28-25-19(5)23(32-26-18(4)16(2)17(3)20(6)30-26)24-22(31-25)15-29-27(33-24)21-12-10-9-11-13-21/h9-13,16-20,22-27H,14-15H2,1-6H3/t16-,17-,18?,19?,20?,22?,23+,24-,25+,26-,27?/m0/s1. The third-order valence-corrected chi connectivity index (χ3v) is 7.68. The van der Waals surface area contributed by atoms with Crippen molar-refractivity contribution in [2.75, 3.05) is 13.2 Å². The van der Waals surface area contributed by atoms with Gasteiger partial charge in [-0.05, 0) is 25.7 Å². The Hall–Kier alpha value is -1.46. The van der Waals surface area contributed by atoms with Gasteiger partial charge in [-0.25, -0.2) is 0 Å². The molecule has 6 heteroatoms. The minimum absolute atomic E-state index is 0.0693. The molecule has 0 radical (unpaired) electrons. The van der Waals surface area contributed by atoms with Crippen molar-refractivity contribution in [3.8, 4) is 11.8 Å². The molecule has 3 aliphatic heterocycles. The summed E-state index contributed by atoms with van der Waals surface area (Å²) in [5.41, 5.74) is 0.984. The van der Waals surface area contributed by atoms with E-state index in [0.29, 0.717) is 25.0 Å². The number of hydrogen-bond acceptors (Lipinski definition) is 6. The van der Waals surface area contributed by atoms with Gasteiger partial charge in [0.15, 0.2) is 18.9 Å². The van der Waals surface area contributed by atoms with Crippen LogP contribution < -0.4 is 0 Å². The van der Waals surface area contributed by atoms with Crippen LogP contribution in [0, 0.1) is 35.5 Å². The monoisotopic (exact) mass is 458 g/mol. The van der Waals surface area contributed by atoms with Crippen molar-refractivity contribution in [2.24, 2.45) is 23.7 Å². The fraction of sp³-hybridized carbons (Fsp3) is 0.704. The molecule has 0 bridgehead atoms. The predicted octanol–water partition coefficient (Wildman–Crippen LogP) is 4.54.